The summed E-state index contributed by atoms with van der Waals surface area (Å²) in [6, 6.07) is 5.74. The van der Waals surface area contributed by atoms with E-state index in [-0.39, 0.29) is 24.4 Å². The highest BCUT2D eigenvalue weighted by Crippen LogP contribution is 2.41. The Morgan fingerprint density at radius 3 is 2.81 bits per heavy atom. The first-order valence-corrected chi connectivity index (χ1v) is 13.0. The Bertz CT molecular complexity index is 1050. The molecule has 0 aliphatic carbocycles. The number of amides is 1. The lowest BCUT2D eigenvalue weighted by atomic mass is 9.83. The van der Waals surface area contributed by atoms with Gasteiger partial charge in [0.25, 0.3) is 5.91 Å². The van der Waals surface area contributed by atoms with Crippen molar-refractivity contribution in [1.82, 2.24) is 19.5 Å². The van der Waals surface area contributed by atoms with Crippen LogP contribution in [0.4, 0.5) is 0 Å². The maximum atomic E-state index is 13.3. The summed E-state index contributed by atoms with van der Waals surface area (Å²) in [5.74, 6) is -0.0188. The zero-order valence-electron chi connectivity index (χ0n) is 21.6. The Kier molecular flexibility index (Phi) is 8.64. The summed E-state index contributed by atoms with van der Waals surface area (Å²) in [5, 5.41) is 11.8. The van der Waals surface area contributed by atoms with Gasteiger partial charge in [-0.15, -0.1) is 0 Å². The molecule has 1 N–H and O–H groups in total. The highest BCUT2D eigenvalue weighted by Gasteiger charge is 2.47. The Hall–Kier alpha value is -2.91. The topological polar surface area (TPSA) is 97.1 Å². The highest BCUT2D eigenvalue weighted by atomic mass is 16.7. The van der Waals surface area contributed by atoms with Crippen molar-refractivity contribution in [2.75, 3.05) is 32.8 Å². The van der Waals surface area contributed by atoms with Crippen molar-refractivity contribution in [3.05, 3.63) is 47.5 Å². The molecular formula is C27H38N4O5. The van der Waals surface area contributed by atoms with E-state index in [1.807, 2.05) is 43.8 Å². The number of carboxylic acid groups (broad SMARTS) is 1. The number of carbonyl (C=O) groups excluding carboxylic acids is 1. The molecule has 1 aromatic heterocycles. The van der Waals surface area contributed by atoms with Gasteiger partial charge in [0.15, 0.2) is 0 Å². The van der Waals surface area contributed by atoms with Crippen LogP contribution in [0.2, 0.25) is 0 Å². The molecule has 1 amide bonds. The number of nitrogens with zero attached hydrogens (tertiary/aromatic N) is 4. The molecule has 1 saturated heterocycles. The number of carboxylic acids is 1. The van der Waals surface area contributed by atoms with Gasteiger partial charge < -0.3 is 14.4 Å². The van der Waals surface area contributed by atoms with Crippen molar-refractivity contribution in [3.8, 4) is 5.75 Å². The van der Waals surface area contributed by atoms with Crippen LogP contribution in [0.5, 0.6) is 5.75 Å². The molecule has 0 radical (unpaired) electrons. The van der Waals surface area contributed by atoms with Crippen LogP contribution in [0.3, 0.4) is 0 Å². The second-order valence-corrected chi connectivity index (χ2v) is 9.76. The molecule has 3 atom stereocenters. The van der Waals surface area contributed by atoms with E-state index >= 15 is 0 Å². The number of aliphatic carboxylic acids is 1. The lowest BCUT2D eigenvalue weighted by Gasteiger charge is -2.29. The lowest BCUT2D eigenvalue weighted by Crippen LogP contribution is -2.44. The zero-order valence-corrected chi connectivity index (χ0v) is 21.6. The fourth-order valence-corrected chi connectivity index (χ4v) is 5.46. The summed E-state index contributed by atoms with van der Waals surface area (Å²) < 4.78 is 7.62. The van der Waals surface area contributed by atoms with E-state index in [2.05, 4.69) is 16.0 Å². The van der Waals surface area contributed by atoms with Crippen LogP contribution < -0.4 is 4.74 Å². The molecule has 1 aromatic carbocycles. The number of hydrogen-bond acceptors (Lipinski definition) is 6. The summed E-state index contributed by atoms with van der Waals surface area (Å²) in [6.45, 7) is 6.29. The summed E-state index contributed by atoms with van der Waals surface area (Å²) in [4.78, 5) is 38.2. The normalized spacial score (nSPS) is 21.4. The minimum Gasteiger partial charge on any atom is -0.493 e. The van der Waals surface area contributed by atoms with Gasteiger partial charge in [-0.1, -0.05) is 26.0 Å². The first-order chi connectivity index (χ1) is 17.4. The number of aromatic nitrogens is 2. The maximum absolute atomic E-state index is 13.3. The summed E-state index contributed by atoms with van der Waals surface area (Å²) in [7, 11) is 1.94. The average molecular weight is 499 g/mol. The van der Waals surface area contributed by atoms with Gasteiger partial charge in [-0.2, -0.15) is 0 Å². The fraction of sp³-hybridized carbons (Fsp3) is 0.593. The molecule has 196 valence electrons. The van der Waals surface area contributed by atoms with Gasteiger partial charge in [0.05, 0.1) is 25.7 Å². The Labute approximate surface area is 213 Å². The molecule has 9 heteroatoms. The SMILES string of the molecule is CCCON(CCC)C(=O)CN1C[C@H](c2ccc3c(c2)CCO3)[C@@H](C(=O)O)[C@@H]1CCc1nccn1C. The minimum atomic E-state index is -0.829. The number of ether oxygens (including phenoxy) is 1. The van der Waals surface area contributed by atoms with Crippen molar-refractivity contribution in [2.45, 2.75) is 57.9 Å². The van der Waals surface area contributed by atoms with Crippen molar-refractivity contribution in [1.29, 1.82) is 0 Å². The van der Waals surface area contributed by atoms with Crippen LogP contribution in [0.25, 0.3) is 0 Å². The van der Waals surface area contributed by atoms with E-state index in [9.17, 15) is 14.7 Å². The van der Waals surface area contributed by atoms with Gasteiger partial charge in [-0.05, 0) is 36.5 Å². The smallest absolute Gasteiger partial charge is 0.308 e. The molecule has 4 rings (SSSR count). The molecule has 0 bridgehead atoms. The Balaban J connectivity index is 1.60. The van der Waals surface area contributed by atoms with Crippen molar-refractivity contribution in [3.63, 3.8) is 0 Å². The van der Waals surface area contributed by atoms with Crippen LogP contribution in [0.15, 0.2) is 30.6 Å². The monoisotopic (exact) mass is 498 g/mol. The fourth-order valence-electron chi connectivity index (χ4n) is 5.46. The highest BCUT2D eigenvalue weighted by molar-refractivity contribution is 5.78. The van der Waals surface area contributed by atoms with Gasteiger partial charge in [0.1, 0.15) is 11.6 Å². The predicted octanol–water partition coefficient (Wildman–Crippen LogP) is 3.04. The lowest BCUT2D eigenvalue weighted by molar-refractivity contribution is -0.188. The first kappa shape index (κ1) is 26.2. The average Bonchev–Trinajstić information content (AvgIpc) is 3.58. The van der Waals surface area contributed by atoms with Crippen LogP contribution in [-0.2, 0) is 34.3 Å². The number of rotatable bonds is 12. The largest absolute Gasteiger partial charge is 0.493 e. The Morgan fingerprint density at radius 2 is 2.11 bits per heavy atom. The molecule has 0 unspecified atom stereocenters. The molecule has 2 aliphatic heterocycles. The van der Waals surface area contributed by atoms with Gasteiger partial charge in [-0.25, -0.2) is 10.0 Å². The molecular weight excluding hydrogens is 460 g/mol. The number of likely N-dealkylation sites (tertiary alicyclic amines) is 1. The van der Waals surface area contributed by atoms with Crippen LogP contribution >= 0.6 is 0 Å². The van der Waals surface area contributed by atoms with Crippen molar-refractivity contribution < 1.29 is 24.3 Å². The number of aryl methyl sites for hydroxylation is 2. The number of carbonyl (C=O) groups is 2. The van der Waals surface area contributed by atoms with Gasteiger partial charge >= 0.3 is 5.97 Å². The number of fused-ring (bicyclic) bond motifs is 1. The van der Waals surface area contributed by atoms with Crippen LogP contribution in [-0.4, -0.2) is 75.4 Å². The minimum absolute atomic E-state index is 0.126. The van der Waals surface area contributed by atoms with E-state index in [1.54, 1.807) is 6.20 Å². The summed E-state index contributed by atoms with van der Waals surface area (Å²) in [6.07, 6.45) is 7.32. The van der Waals surface area contributed by atoms with Crippen molar-refractivity contribution in [2.24, 2.45) is 13.0 Å². The second kappa shape index (κ2) is 11.9. The maximum Gasteiger partial charge on any atom is 0.308 e. The van der Waals surface area contributed by atoms with Gasteiger partial charge in [0.2, 0.25) is 0 Å². The summed E-state index contributed by atoms with van der Waals surface area (Å²) in [5.41, 5.74) is 2.12. The van der Waals surface area contributed by atoms with E-state index in [0.717, 1.165) is 42.0 Å². The van der Waals surface area contributed by atoms with E-state index in [1.165, 1.54) is 5.06 Å². The van der Waals surface area contributed by atoms with Crippen molar-refractivity contribution >= 4 is 11.9 Å². The molecule has 0 spiro atoms. The van der Waals surface area contributed by atoms with Crippen LogP contribution in [0.1, 0.15) is 56.0 Å². The number of hydroxylamine groups is 2. The Morgan fingerprint density at radius 1 is 1.28 bits per heavy atom. The first-order valence-electron chi connectivity index (χ1n) is 13.0. The third-order valence-corrected chi connectivity index (χ3v) is 7.25. The molecule has 36 heavy (non-hydrogen) atoms. The molecule has 0 saturated carbocycles. The quantitative estimate of drug-likeness (QED) is 0.449. The third-order valence-electron chi connectivity index (χ3n) is 7.25. The second-order valence-electron chi connectivity index (χ2n) is 9.76. The molecule has 9 nitrogen and oxygen atoms in total. The van der Waals surface area contributed by atoms with Crippen LogP contribution in [0, 0.1) is 5.92 Å². The van der Waals surface area contributed by atoms with Gasteiger partial charge in [0, 0.05) is 57.3 Å². The molecule has 3 heterocycles. The van der Waals surface area contributed by atoms with E-state index in [4.69, 9.17) is 9.57 Å². The third kappa shape index (κ3) is 5.73. The zero-order chi connectivity index (χ0) is 25.7. The predicted molar refractivity (Wildman–Crippen MR) is 135 cm³/mol. The summed E-state index contributed by atoms with van der Waals surface area (Å²) >= 11 is 0. The molecule has 1 fully saturated rings. The number of imidazole rings is 1. The van der Waals surface area contributed by atoms with Gasteiger partial charge in [-0.3, -0.25) is 19.3 Å². The van der Waals surface area contributed by atoms with E-state index in [0.29, 0.717) is 39.1 Å². The number of hydrogen-bond donors (Lipinski definition) is 1. The molecule has 2 aliphatic rings. The number of benzene rings is 1. The van der Waals surface area contributed by atoms with E-state index < -0.39 is 11.9 Å². The molecule has 2 aromatic rings. The standard InChI is InChI=1S/C27H38N4O5/c1-4-12-31(36-14-5-2)25(32)18-30-17-21(19-6-8-23-20(16-19)10-15-35-23)26(27(33)34)22(30)7-9-24-28-11-13-29(24)3/h6,8,11,13,16,21-22,26H,4-5,7,9-10,12,14-15,17-18H2,1-3H3,(H,33,34)/t21-,22+,26-/m1/s1.